The first-order valence-electron chi connectivity index (χ1n) is 7.15. The highest BCUT2D eigenvalue weighted by molar-refractivity contribution is 9.10. The van der Waals surface area contributed by atoms with Crippen molar-refractivity contribution in [2.75, 3.05) is 31.9 Å². The number of hydrogen-bond acceptors (Lipinski definition) is 4. The van der Waals surface area contributed by atoms with Crippen LogP contribution < -0.4 is 10.5 Å². The van der Waals surface area contributed by atoms with E-state index in [-0.39, 0.29) is 16.5 Å². The van der Waals surface area contributed by atoms with Crippen LogP contribution in [0.3, 0.4) is 0 Å². The molecule has 1 aromatic carbocycles. The summed E-state index contributed by atoms with van der Waals surface area (Å²) in [7, 11) is -3.55. The van der Waals surface area contributed by atoms with E-state index in [0.717, 1.165) is 24.1 Å². The smallest absolute Gasteiger partial charge is 0.242 e. The predicted octanol–water partition coefficient (Wildman–Crippen LogP) is 2.04. The van der Waals surface area contributed by atoms with Gasteiger partial charge in [-0.25, -0.2) is 13.1 Å². The Labute approximate surface area is 135 Å². The summed E-state index contributed by atoms with van der Waals surface area (Å²) in [5.41, 5.74) is 6.04. The molecule has 0 bridgehead atoms. The van der Waals surface area contributed by atoms with Crippen LogP contribution in [-0.4, -0.2) is 39.5 Å². The number of nitrogens with two attached hydrogens (primary N) is 1. The zero-order valence-corrected chi connectivity index (χ0v) is 14.6. The molecule has 21 heavy (non-hydrogen) atoms. The summed E-state index contributed by atoms with van der Waals surface area (Å²) in [6.45, 7) is 5.66. The molecule has 5 nitrogen and oxygen atoms in total. The number of nitrogens with one attached hydrogen (secondary N) is 1. The lowest BCUT2D eigenvalue weighted by atomic mass is 10.2. The average Bonchev–Trinajstić information content (AvgIpc) is 2.89. The lowest BCUT2D eigenvalue weighted by Crippen LogP contribution is -2.34. The molecule has 118 valence electrons. The zero-order chi connectivity index (χ0) is 15.5. The summed E-state index contributed by atoms with van der Waals surface area (Å²) in [5, 5.41) is 0. The van der Waals surface area contributed by atoms with Crippen molar-refractivity contribution < 1.29 is 8.42 Å². The van der Waals surface area contributed by atoms with E-state index in [1.54, 1.807) is 12.1 Å². The van der Waals surface area contributed by atoms with E-state index in [1.165, 1.54) is 18.9 Å². The fourth-order valence-electron chi connectivity index (χ4n) is 2.56. The Morgan fingerprint density at radius 1 is 1.38 bits per heavy atom. The minimum absolute atomic E-state index is 0.138. The van der Waals surface area contributed by atoms with Crippen molar-refractivity contribution in [3.8, 4) is 0 Å². The molecule has 0 aliphatic carbocycles. The van der Waals surface area contributed by atoms with Crippen LogP contribution in [-0.2, 0) is 10.0 Å². The zero-order valence-electron chi connectivity index (χ0n) is 12.2. The van der Waals surface area contributed by atoms with Crippen molar-refractivity contribution in [2.45, 2.75) is 24.7 Å². The molecular formula is C14H22BrN3O2S. The first kappa shape index (κ1) is 16.7. The second-order valence-electron chi connectivity index (χ2n) is 5.65. The lowest BCUT2D eigenvalue weighted by Gasteiger charge is -2.20. The number of nitrogens with zero attached hydrogens (tertiary/aromatic N) is 1. The van der Waals surface area contributed by atoms with Crippen molar-refractivity contribution in [2.24, 2.45) is 5.92 Å². The van der Waals surface area contributed by atoms with Crippen LogP contribution in [0.15, 0.2) is 27.6 Å². The maximum absolute atomic E-state index is 12.3. The van der Waals surface area contributed by atoms with Crippen LogP contribution in [0.5, 0.6) is 0 Å². The van der Waals surface area contributed by atoms with E-state index in [4.69, 9.17) is 5.73 Å². The highest BCUT2D eigenvalue weighted by Gasteiger charge is 2.20. The van der Waals surface area contributed by atoms with Crippen LogP contribution in [0, 0.1) is 5.92 Å². The third-order valence-corrected chi connectivity index (χ3v) is 5.64. The number of halogens is 1. The Morgan fingerprint density at radius 3 is 2.67 bits per heavy atom. The Balaban J connectivity index is 1.94. The monoisotopic (exact) mass is 375 g/mol. The summed E-state index contributed by atoms with van der Waals surface area (Å²) < 4.78 is 28.0. The van der Waals surface area contributed by atoms with Crippen molar-refractivity contribution in [3.05, 3.63) is 22.7 Å². The first-order valence-corrected chi connectivity index (χ1v) is 9.43. The van der Waals surface area contributed by atoms with E-state index >= 15 is 0 Å². The summed E-state index contributed by atoms with van der Waals surface area (Å²) in [6.07, 6.45) is 2.49. The van der Waals surface area contributed by atoms with Gasteiger partial charge in [-0.2, -0.15) is 0 Å². The molecule has 1 heterocycles. The molecule has 7 heteroatoms. The Bertz CT molecular complexity index is 586. The molecule has 3 N–H and O–H groups in total. The minimum atomic E-state index is -3.55. The van der Waals surface area contributed by atoms with E-state index in [2.05, 4.69) is 32.5 Å². The van der Waals surface area contributed by atoms with Gasteiger partial charge in [0.05, 0.1) is 5.69 Å². The van der Waals surface area contributed by atoms with Gasteiger partial charge in [0.2, 0.25) is 10.0 Å². The maximum Gasteiger partial charge on any atom is 0.242 e. The summed E-state index contributed by atoms with van der Waals surface area (Å²) >= 11 is 3.27. The van der Waals surface area contributed by atoms with Gasteiger partial charge in [0.25, 0.3) is 0 Å². The summed E-state index contributed by atoms with van der Waals surface area (Å²) in [5.74, 6) is 0.273. The van der Waals surface area contributed by atoms with E-state index in [9.17, 15) is 8.42 Å². The van der Waals surface area contributed by atoms with Crippen LogP contribution in [0.25, 0.3) is 0 Å². The number of benzene rings is 1. The molecule has 0 saturated carbocycles. The molecule has 0 amide bonds. The second kappa shape index (κ2) is 7.09. The molecule has 2 rings (SSSR count). The third kappa shape index (κ3) is 4.67. The number of likely N-dealkylation sites (tertiary alicyclic amines) is 1. The number of hydrogen-bond donors (Lipinski definition) is 2. The fraction of sp³-hybridized carbons (Fsp3) is 0.571. The Kier molecular flexibility index (Phi) is 5.65. The average molecular weight is 376 g/mol. The van der Waals surface area contributed by atoms with Crippen LogP contribution in [0.4, 0.5) is 5.69 Å². The largest absolute Gasteiger partial charge is 0.398 e. The molecule has 0 spiro atoms. The normalized spacial score (nSPS) is 18.0. The van der Waals surface area contributed by atoms with Gasteiger partial charge in [0.1, 0.15) is 4.90 Å². The van der Waals surface area contributed by atoms with Crippen LogP contribution in [0.1, 0.15) is 19.8 Å². The molecule has 1 saturated heterocycles. The quantitative estimate of drug-likeness (QED) is 0.745. The highest BCUT2D eigenvalue weighted by atomic mass is 79.9. The Morgan fingerprint density at radius 2 is 2.05 bits per heavy atom. The molecule has 1 aliphatic heterocycles. The fourth-order valence-corrected chi connectivity index (χ4v) is 4.22. The van der Waals surface area contributed by atoms with Gasteiger partial charge in [-0.3, -0.25) is 0 Å². The molecule has 0 aromatic heterocycles. The van der Waals surface area contributed by atoms with Crippen LogP contribution >= 0.6 is 15.9 Å². The van der Waals surface area contributed by atoms with E-state index in [0.29, 0.717) is 6.54 Å². The number of nitrogen functional groups attached to an aromatic ring is 1. The minimum Gasteiger partial charge on any atom is -0.398 e. The molecule has 1 atom stereocenters. The molecule has 1 aliphatic rings. The second-order valence-corrected chi connectivity index (χ2v) is 8.30. The van der Waals surface area contributed by atoms with Crippen molar-refractivity contribution in [3.63, 3.8) is 0 Å². The molecule has 1 aromatic rings. The Hall–Kier alpha value is -0.630. The van der Waals surface area contributed by atoms with Crippen LogP contribution in [0.2, 0.25) is 0 Å². The molecular weight excluding hydrogens is 354 g/mol. The molecule has 0 radical (unpaired) electrons. The maximum atomic E-state index is 12.3. The topological polar surface area (TPSA) is 75.4 Å². The number of rotatable bonds is 6. The molecule has 1 unspecified atom stereocenters. The predicted molar refractivity (Wildman–Crippen MR) is 88.6 cm³/mol. The van der Waals surface area contributed by atoms with Gasteiger partial charge in [-0.1, -0.05) is 22.9 Å². The third-order valence-electron chi connectivity index (χ3n) is 3.65. The van der Waals surface area contributed by atoms with E-state index < -0.39 is 10.0 Å². The lowest BCUT2D eigenvalue weighted by molar-refractivity contribution is 0.288. The SMILES string of the molecule is CC(CNS(=O)(=O)c1ccc(Br)cc1N)CN1CCCC1. The van der Waals surface area contributed by atoms with Gasteiger partial charge in [-0.15, -0.1) is 0 Å². The van der Waals surface area contributed by atoms with Gasteiger partial charge >= 0.3 is 0 Å². The van der Waals surface area contributed by atoms with Gasteiger partial charge < -0.3 is 10.6 Å². The highest BCUT2D eigenvalue weighted by Crippen LogP contribution is 2.22. The summed E-state index contributed by atoms with van der Waals surface area (Å²) in [6, 6.07) is 4.80. The van der Waals surface area contributed by atoms with Gasteiger partial charge in [0.15, 0.2) is 0 Å². The first-order chi connectivity index (χ1) is 9.88. The number of sulfonamides is 1. The van der Waals surface area contributed by atoms with Crippen molar-refractivity contribution in [1.29, 1.82) is 0 Å². The number of anilines is 1. The van der Waals surface area contributed by atoms with Gasteiger partial charge in [0, 0.05) is 17.6 Å². The summed E-state index contributed by atoms with van der Waals surface area (Å²) in [4.78, 5) is 2.52. The van der Waals surface area contributed by atoms with E-state index in [1.807, 2.05) is 0 Å². The van der Waals surface area contributed by atoms with Gasteiger partial charge in [-0.05, 0) is 50.0 Å². The van der Waals surface area contributed by atoms with Crippen molar-refractivity contribution >= 4 is 31.6 Å². The standard InChI is InChI=1S/C14H22BrN3O2S/c1-11(10-18-6-2-3-7-18)9-17-21(19,20)14-5-4-12(15)8-13(14)16/h4-5,8,11,17H,2-3,6-7,9-10,16H2,1H3. The molecule has 1 fully saturated rings. The van der Waals surface area contributed by atoms with Crippen molar-refractivity contribution in [1.82, 2.24) is 9.62 Å².